The Labute approximate surface area is 107 Å². The fraction of sp³-hybridized carbons (Fsp3) is 0.0769. The smallest absolute Gasteiger partial charge is 0.215 e. The van der Waals surface area contributed by atoms with Gasteiger partial charge in [0, 0.05) is 10.7 Å². The number of ketones is 1. The number of benzene rings is 1. The third-order valence-corrected chi connectivity index (χ3v) is 2.98. The Bertz CT molecular complexity index is 583. The van der Waals surface area contributed by atoms with Gasteiger partial charge in [-0.25, -0.2) is 4.39 Å². The van der Waals surface area contributed by atoms with Gasteiger partial charge in [-0.3, -0.25) is 9.78 Å². The topological polar surface area (TPSA) is 30.0 Å². The predicted molar refractivity (Wildman–Crippen MR) is 66.5 cm³/mol. The van der Waals surface area contributed by atoms with Crippen molar-refractivity contribution in [1.82, 2.24) is 4.98 Å². The van der Waals surface area contributed by atoms with E-state index >= 15 is 0 Å². The number of pyridine rings is 1. The number of rotatable bonds is 2. The van der Waals surface area contributed by atoms with E-state index in [2.05, 4.69) is 20.9 Å². The molecule has 0 unspecified atom stereocenters. The zero-order valence-electron chi connectivity index (χ0n) is 9.08. The van der Waals surface area contributed by atoms with Gasteiger partial charge in [0.1, 0.15) is 11.5 Å². The van der Waals surface area contributed by atoms with Crippen LogP contribution in [0.2, 0.25) is 0 Å². The first-order valence-electron chi connectivity index (χ1n) is 5.01. The molecule has 0 saturated carbocycles. The van der Waals surface area contributed by atoms with Crippen molar-refractivity contribution in [3.05, 3.63) is 63.6 Å². The first-order chi connectivity index (χ1) is 8.09. The Hall–Kier alpha value is -1.55. The van der Waals surface area contributed by atoms with Crippen LogP contribution >= 0.6 is 15.9 Å². The molecule has 0 atom stereocenters. The SMILES string of the molecule is Cc1ccc(F)c(C(=O)c2ncccc2Br)c1. The number of aryl methyl sites for hydroxylation is 1. The van der Waals surface area contributed by atoms with Crippen molar-refractivity contribution >= 4 is 21.7 Å². The third-order valence-electron chi connectivity index (χ3n) is 2.34. The van der Waals surface area contributed by atoms with Gasteiger partial charge >= 0.3 is 0 Å². The zero-order chi connectivity index (χ0) is 12.4. The van der Waals surface area contributed by atoms with Crippen molar-refractivity contribution < 1.29 is 9.18 Å². The van der Waals surface area contributed by atoms with Gasteiger partial charge in [-0.2, -0.15) is 0 Å². The molecule has 0 aliphatic rings. The summed E-state index contributed by atoms with van der Waals surface area (Å²) in [5.74, 6) is -0.947. The van der Waals surface area contributed by atoms with E-state index in [1.165, 1.54) is 18.3 Å². The number of carbonyl (C=O) groups is 1. The molecule has 1 heterocycles. The van der Waals surface area contributed by atoms with Gasteiger partial charge in [-0.1, -0.05) is 11.6 Å². The van der Waals surface area contributed by atoms with Crippen LogP contribution in [0, 0.1) is 12.7 Å². The summed E-state index contributed by atoms with van der Waals surface area (Å²) in [6.45, 7) is 1.81. The normalized spacial score (nSPS) is 10.3. The summed E-state index contributed by atoms with van der Waals surface area (Å²) >= 11 is 3.23. The minimum Gasteiger partial charge on any atom is -0.287 e. The molecule has 0 amide bonds. The van der Waals surface area contributed by atoms with Gasteiger partial charge in [0.2, 0.25) is 5.78 Å². The summed E-state index contributed by atoms with van der Waals surface area (Å²) in [4.78, 5) is 16.1. The lowest BCUT2D eigenvalue weighted by Crippen LogP contribution is -2.07. The summed E-state index contributed by atoms with van der Waals surface area (Å²) in [7, 11) is 0. The van der Waals surface area contributed by atoms with Gasteiger partial charge in [0.05, 0.1) is 5.56 Å². The molecule has 86 valence electrons. The minimum absolute atomic E-state index is 0.0457. The van der Waals surface area contributed by atoms with E-state index in [-0.39, 0.29) is 11.3 Å². The van der Waals surface area contributed by atoms with Crippen LogP contribution < -0.4 is 0 Å². The molecule has 1 aromatic heterocycles. The van der Waals surface area contributed by atoms with Crippen LogP contribution in [0.4, 0.5) is 4.39 Å². The van der Waals surface area contributed by atoms with Crippen molar-refractivity contribution in [2.24, 2.45) is 0 Å². The molecule has 0 bridgehead atoms. The maximum Gasteiger partial charge on any atom is 0.215 e. The van der Waals surface area contributed by atoms with Crippen LogP contribution in [0.1, 0.15) is 21.6 Å². The molecule has 0 fully saturated rings. The number of nitrogens with zero attached hydrogens (tertiary/aromatic N) is 1. The van der Waals surface area contributed by atoms with Gasteiger partial charge in [0.15, 0.2) is 0 Å². The second-order valence-corrected chi connectivity index (χ2v) is 4.50. The molecule has 0 aliphatic heterocycles. The lowest BCUT2D eigenvalue weighted by molar-refractivity contribution is 0.103. The highest BCUT2D eigenvalue weighted by Gasteiger charge is 2.17. The summed E-state index contributed by atoms with van der Waals surface area (Å²) < 4.78 is 14.1. The number of halogens is 2. The molecule has 17 heavy (non-hydrogen) atoms. The van der Waals surface area contributed by atoms with Crippen molar-refractivity contribution in [3.63, 3.8) is 0 Å². The van der Waals surface area contributed by atoms with Crippen LogP contribution in [0.5, 0.6) is 0 Å². The molecule has 0 aliphatic carbocycles. The Morgan fingerprint density at radius 2 is 2.12 bits per heavy atom. The van der Waals surface area contributed by atoms with Gasteiger partial charge < -0.3 is 0 Å². The van der Waals surface area contributed by atoms with Crippen LogP contribution in [-0.2, 0) is 0 Å². The molecule has 0 N–H and O–H groups in total. The molecule has 0 spiro atoms. The van der Waals surface area contributed by atoms with E-state index in [0.717, 1.165) is 5.56 Å². The standard InChI is InChI=1S/C13H9BrFNO/c1-8-4-5-11(15)9(7-8)13(17)12-10(14)3-2-6-16-12/h2-7H,1H3. The second kappa shape index (κ2) is 4.75. The molecule has 1 aromatic carbocycles. The minimum atomic E-state index is -0.529. The highest BCUT2D eigenvalue weighted by atomic mass is 79.9. The van der Waals surface area contributed by atoms with E-state index in [4.69, 9.17) is 0 Å². The Kier molecular flexibility index (Phi) is 3.33. The first-order valence-corrected chi connectivity index (χ1v) is 5.80. The van der Waals surface area contributed by atoms with E-state index in [1.807, 2.05) is 6.92 Å². The molecule has 2 nitrogen and oxygen atoms in total. The summed E-state index contributed by atoms with van der Waals surface area (Å²) in [5.41, 5.74) is 1.10. The molecule has 4 heteroatoms. The summed E-state index contributed by atoms with van der Waals surface area (Å²) in [6, 6.07) is 7.85. The summed E-state index contributed by atoms with van der Waals surface area (Å²) in [6.07, 6.45) is 1.51. The highest BCUT2D eigenvalue weighted by molar-refractivity contribution is 9.10. The molecule has 2 aromatic rings. The summed E-state index contributed by atoms with van der Waals surface area (Å²) in [5, 5.41) is 0. The van der Waals surface area contributed by atoms with Crippen LogP contribution in [0.3, 0.4) is 0 Å². The Morgan fingerprint density at radius 1 is 1.35 bits per heavy atom. The molecular weight excluding hydrogens is 285 g/mol. The van der Waals surface area contributed by atoms with Crippen molar-refractivity contribution in [2.75, 3.05) is 0 Å². The number of hydrogen-bond donors (Lipinski definition) is 0. The van der Waals surface area contributed by atoms with E-state index in [1.54, 1.807) is 18.2 Å². The monoisotopic (exact) mass is 293 g/mol. The lowest BCUT2D eigenvalue weighted by Gasteiger charge is -2.04. The second-order valence-electron chi connectivity index (χ2n) is 3.65. The molecule has 0 radical (unpaired) electrons. The van der Waals surface area contributed by atoms with Gasteiger partial charge in [0.25, 0.3) is 0 Å². The maximum absolute atomic E-state index is 13.6. The van der Waals surface area contributed by atoms with Crippen molar-refractivity contribution in [3.8, 4) is 0 Å². The fourth-order valence-corrected chi connectivity index (χ4v) is 1.93. The average molecular weight is 294 g/mol. The predicted octanol–water partition coefficient (Wildman–Crippen LogP) is 3.52. The molecular formula is C13H9BrFNO. The van der Waals surface area contributed by atoms with Crippen LogP contribution in [-0.4, -0.2) is 10.8 Å². The average Bonchev–Trinajstić information content (AvgIpc) is 2.32. The van der Waals surface area contributed by atoms with Gasteiger partial charge in [-0.05, 0) is 47.1 Å². The maximum atomic E-state index is 13.6. The van der Waals surface area contributed by atoms with E-state index < -0.39 is 11.6 Å². The lowest BCUT2D eigenvalue weighted by atomic mass is 10.0. The third kappa shape index (κ3) is 2.42. The first kappa shape index (κ1) is 11.9. The van der Waals surface area contributed by atoms with E-state index in [0.29, 0.717) is 4.47 Å². The largest absolute Gasteiger partial charge is 0.287 e. The Balaban J connectivity index is 2.51. The molecule has 0 saturated heterocycles. The van der Waals surface area contributed by atoms with E-state index in [9.17, 15) is 9.18 Å². The zero-order valence-corrected chi connectivity index (χ0v) is 10.7. The molecule has 2 rings (SSSR count). The van der Waals surface area contributed by atoms with Crippen LogP contribution in [0.25, 0.3) is 0 Å². The number of carbonyl (C=O) groups excluding carboxylic acids is 1. The number of hydrogen-bond acceptors (Lipinski definition) is 2. The van der Waals surface area contributed by atoms with Crippen LogP contribution in [0.15, 0.2) is 41.0 Å². The Morgan fingerprint density at radius 3 is 2.82 bits per heavy atom. The fourth-order valence-electron chi connectivity index (χ4n) is 1.49. The quantitative estimate of drug-likeness (QED) is 0.793. The van der Waals surface area contributed by atoms with Crippen molar-refractivity contribution in [1.29, 1.82) is 0 Å². The number of aromatic nitrogens is 1. The highest BCUT2D eigenvalue weighted by Crippen LogP contribution is 2.19. The van der Waals surface area contributed by atoms with Gasteiger partial charge in [-0.15, -0.1) is 0 Å². The van der Waals surface area contributed by atoms with Crippen molar-refractivity contribution in [2.45, 2.75) is 6.92 Å².